The number of hydrogen-bond donors (Lipinski definition) is 3. The molecule has 0 aliphatic heterocycles. The average molecular weight is 959 g/mol. The normalized spacial score (nSPS) is 12.7. The Labute approximate surface area is 424 Å². The van der Waals surface area contributed by atoms with E-state index >= 15 is 0 Å². The van der Waals surface area contributed by atoms with Gasteiger partial charge in [-0.25, -0.2) is 0 Å². The van der Waals surface area contributed by atoms with Crippen LogP contribution in [0.1, 0.15) is 335 Å². The van der Waals surface area contributed by atoms with Crippen LogP contribution >= 0.6 is 0 Å². The summed E-state index contributed by atoms with van der Waals surface area (Å²) in [7, 11) is 0. The minimum Gasteiger partial charge on any atom is -0.466 e. The van der Waals surface area contributed by atoms with E-state index in [4.69, 9.17) is 4.74 Å². The lowest BCUT2D eigenvalue weighted by atomic mass is 10.0. The monoisotopic (exact) mass is 958 g/mol. The number of unbranched alkanes of at least 4 members (excludes halogenated alkanes) is 44. The predicted octanol–water partition coefficient (Wildman–Crippen LogP) is 19.0. The molecule has 0 aromatic rings. The Morgan fingerprint density at radius 3 is 1.04 bits per heavy atom. The van der Waals surface area contributed by atoms with Crippen LogP contribution in [0, 0.1) is 0 Å². The van der Waals surface area contributed by atoms with Crippen molar-refractivity contribution in [1.29, 1.82) is 0 Å². The van der Waals surface area contributed by atoms with Gasteiger partial charge in [-0.3, -0.25) is 9.59 Å². The molecular weight excluding hydrogens is 839 g/mol. The van der Waals surface area contributed by atoms with Crippen molar-refractivity contribution in [3.63, 3.8) is 0 Å². The van der Waals surface area contributed by atoms with E-state index in [1.54, 1.807) is 6.08 Å². The van der Waals surface area contributed by atoms with Gasteiger partial charge in [-0.15, -0.1) is 0 Å². The molecule has 402 valence electrons. The molecule has 0 aromatic carbocycles. The highest BCUT2D eigenvalue weighted by Crippen LogP contribution is 2.17. The molecule has 0 saturated carbocycles. The number of ether oxygens (including phenoxy) is 1. The molecule has 0 aromatic heterocycles. The first kappa shape index (κ1) is 66.3. The second-order valence-electron chi connectivity index (χ2n) is 21.0. The van der Waals surface area contributed by atoms with Gasteiger partial charge in [0.15, 0.2) is 0 Å². The highest BCUT2D eigenvalue weighted by Gasteiger charge is 2.18. The molecule has 0 rings (SSSR count). The number of carbonyl (C=O) groups excluding carboxylic acids is 2. The second kappa shape index (κ2) is 57.9. The summed E-state index contributed by atoms with van der Waals surface area (Å²) in [5.74, 6) is -0.0711. The van der Waals surface area contributed by atoms with E-state index in [0.717, 1.165) is 44.9 Å². The summed E-state index contributed by atoms with van der Waals surface area (Å²) < 4.78 is 5.47. The maximum Gasteiger partial charge on any atom is 0.305 e. The molecule has 0 radical (unpaired) electrons. The molecule has 1 amide bonds. The fraction of sp³-hybridized carbons (Fsp3) is 0.903. The van der Waals surface area contributed by atoms with Gasteiger partial charge in [0.25, 0.3) is 0 Å². The van der Waals surface area contributed by atoms with Crippen LogP contribution in [0.4, 0.5) is 0 Å². The molecule has 0 spiro atoms. The lowest BCUT2D eigenvalue weighted by molar-refractivity contribution is -0.143. The third kappa shape index (κ3) is 53.7. The Kier molecular flexibility index (Phi) is 56.5. The molecule has 0 fully saturated rings. The van der Waals surface area contributed by atoms with Crippen LogP contribution in [0.3, 0.4) is 0 Å². The van der Waals surface area contributed by atoms with Crippen LogP contribution in [-0.2, 0) is 14.3 Å². The Balaban J connectivity index is 3.44. The van der Waals surface area contributed by atoms with E-state index < -0.39 is 12.1 Å². The van der Waals surface area contributed by atoms with E-state index in [1.165, 1.54) is 263 Å². The van der Waals surface area contributed by atoms with Crippen molar-refractivity contribution in [1.82, 2.24) is 5.32 Å². The van der Waals surface area contributed by atoms with Gasteiger partial charge in [-0.05, 0) is 57.8 Å². The van der Waals surface area contributed by atoms with E-state index in [2.05, 4.69) is 31.3 Å². The quantitative estimate of drug-likeness (QED) is 0.0321. The predicted molar refractivity (Wildman–Crippen MR) is 296 cm³/mol. The maximum absolute atomic E-state index is 12.5. The number of aliphatic hydroxyl groups is 2. The van der Waals surface area contributed by atoms with Gasteiger partial charge < -0.3 is 20.3 Å². The lowest BCUT2D eigenvalue weighted by Gasteiger charge is -2.20. The summed E-state index contributed by atoms with van der Waals surface area (Å²) in [6, 6.07) is -0.631. The van der Waals surface area contributed by atoms with Crippen molar-refractivity contribution in [2.24, 2.45) is 0 Å². The number of nitrogens with one attached hydrogen (secondary N) is 1. The number of carbonyl (C=O) groups is 2. The Bertz CT molecular complexity index is 1060. The summed E-state index contributed by atoms with van der Waals surface area (Å²) >= 11 is 0. The van der Waals surface area contributed by atoms with E-state index in [0.29, 0.717) is 19.4 Å². The Hall–Kier alpha value is -1.66. The van der Waals surface area contributed by atoms with Gasteiger partial charge in [0.2, 0.25) is 5.91 Å². The van der Waals surface area contributed by atoms with Gasteiger partial charge in [0, 0.05) is 12.8 Å². The number of esters is 1. The zero-order valence-corrected chi connectivity index (χ0v) is 45.9. The molecule has 0 heterocycles. The van der Waals surface area contributed by atoms with Crippen molar-refractivity contribution >= 4 is 11.9 Å². The molecule has 0 saturated heterocycles. The third-order valence-corrected chi connectivity index (χ3v) is 14.2. The molecule has 2 unspecified atom stereocenters. The number of amides is 1. The third-order valence-electron chi connectivity index (χ3n) is 14.2. The van der Waals surface area contributed by atoms with Crippen molar-refractivity contribution < 1.29 is 24.5 Å². The first-order valence-corrected chi connectivity index (χ1v) is 30.6. The summed E-state index contributed by atoms with van der Waals surface area (Å²) in [4.78, 5) is 24.5. The molecule has 0 aliphatic carbocycles. The summed E-state index contributed by atoms with van der Waals surface area (Å²) in [5, 5.41) is 23.2. The van der Waals surface area contributed by atoms with Gasteiger partial charge in [-0.1, -0.05) is 289 Å². The fourth-order valence-corrected chi connectivity index (χ4v) is 9.51. The van der Waals surface area contributed by atoms with E-state index in [-0.39, 0.29) is 18.5 Å². The summed E-state index contributed by atoms with van der Waals surface area (Å²) in [6.45, 7) is 4.90. The van der Waals surface area contributed by atoms with Crippen LogP contribution < -0.4 is 5.32 Å². The van der Waals surface area contributed by atoms with Crippen LogP contribution in [-0.4, -0.2) is 47.4 Å². The molecule has 6 nitrogen and oxygen atoms in total. The highest BCUT2D eigenvalue weighted by atomic mass is 16.5. The van der Waals surface area contributed by atoms with Crippen LogP contribution in [0.25, 0.3) is 0 Å². The van der Waals surface area contributed by atoms with Crippen molar-refractivity contribution in [2.75, 3.05) is 13.2 Å². The molecule has 0 bridgehead atoms. The van der Waals surface area contributed by atoms with Gasteiger partial charge in [0.1, 0.15) is 0 Å². The number of allylic oxidation sites excluding steroid dienone is 3. The van der Waals surface area contributed by atoms with E-state index in [9.17, 15) is 19.8 Å². The molecule has 2 atom stereocenters. The number of rotatable bonds is 57. The number of hydrogen-bond acceptors (Lipinski definition) is 5. The highest BCUT2D eigenvalue weighted by molar-refractivity contribution is 5.76. The molecule has 6 heteroatoms. The first-order valence-electron chi connectivity index (χ1n) is 30.6. The minimum absolute atomic E-state index is 0.00161. The topological polar surface area (TPSA) is 95.9 Å². The van der Waals surface area contributed by atoms with Crippen molar-refractivity contribution in [3.8, 4) is 0 Å². The van der Waals surface area contributed by atoms with Crippen molar-refractivity contribution in [3.05, 3.63) is 24.3 Å². The minimum atomic E-state index is -0.848. The van der Waals surface area contributed by atoms with Gasteiger partial charge in [0.05, 0.1) is 25.4 Å². The zero-order valence-electron chi connectivity index (χ0n) is 45.9. The van der Waals surface area contributed by atoms with E-state index in [1.807, 2.05) is 6.08 Å². The number of aliphatic hydroxyl groups excluding tert-OH is 2. The Morgan fingerprint density at radius 2 is 0.691 bits per heavy atom. The van der Waals surface area contributed by atoms with Gasteiger partial charge in [-0.2, -0.15) is 0 Å². The first-order chi connectivity index (χ1) is 33.5. The SMILES string of the molecule is CCCCCCC/C=C\CCCCCCCC(=O)OCCCCCCCCCCCCCCCCCCCCC(=O)NC(CO)C(O)/C=C/CCCCCCCCCCCCCCCCCCC. The van der Waals surface area contributed by atoms with Crippen LogP contribution in [0.15, 0.2) is 24.3 Å². The van der Waals surface area contributed by atoms with Gasteiger partial charge >= 0.3 is 5.97 Å². The molecule has 0 aliphatic rings. The molecular formula is C62H119NO5. The summed E-state index contributed by atoms with van der Waals surface area (Å²) in [5.41, 5.74) is 0. The standard InChI is InChI=1S/C62H119NO5/c1-3-5-7-9-11-13-15-17-19-20-21-24-27-30-34-38-42-46-50-54-60(65)59(58-64)63-61(66)55-51-47-43-39-35-31-28-25-22-23-26-29-33-37-41-45-49-53-57-68-62(67)56-52-48-44-40-36-32-18-16-14-12-10-8-6-4-2/h16,18,50,54,59-60,64-65H,3-15,17,19-49,51-53,55-58H2,1-2H3,(H,63,66)/b18-16-,54-50+. The zero-order chi connectivity index (χ0) is 49.3. The fourth-order valence-electron chi connectivity index (χ4n) is 9.51. The van der Waals surface area contributed by atoms with Crippen LogP contribution in [0.2, 0.25) is 0 Å². The second-order valence-corrected chi connectivity index (χ2v) is 21.0. The Morgan fingerprint density at radius 1 is 0.397 bits per heavy atom. The largest absolute Gasteiger partial charge is 0.466 e. The van der Waals surface area contributed by atoms with Crippen LogP contribution in [0.5, 0.6) is 0 Å². The smallest absolute Gasteiger partial charge is 0.305 e. The summed E-state index contributed by atoms with van der Waals surface area (Å²) in [6.07, 6.45) is 70.6. The molecule has 3 N–H and O–H groups in total. The average Bonchev–Trinajstić information content (AvgIpc) is 3.34. The molecule has 68 heavy (non-hydrogen) atoms. The lowest BCUT2D eigenvalue weighted by Crippen LogP contribution is -2.45. The van der Waals surface area contributed by atoms with Crippen molar-refractivity contribution in [2.45, 2.75) is 347 Å². The maximum atomic E-state index is 12.5.